The molecule has 0 unspecified atom stereocenters. The number of anilines is 3. The SMILES string of the molecule is CCCCCCCCC1(CCCCCCCC)c2cc(-c3ccc(N(c4ccc(B5OC(C)(C)C(C)(C)O5)cc4)c4ccc(-c5ccc(CCCC)cc5)cc4)cc3)ccc2-c2cc3c(cc21)c1ccccc1n3-c1cc(CCCCCC)c(B2OC(C)(C)C(C)(C)O2)cc1CCCCCC. The van der Waals surface area contributed by atoms with Crippen molar-refractivity contribution >= 4 is 64.0 Å². The van der Waals surface area contributed by atoms with Crippen LogP contribution in [0.1, 0.15) is 272 Å². The van der Waals surface area contributed by atoms with E-state index < -0.39 is 36.6 Å². The molecule has 2 saturated heterocycles. The molecule has 9 aromatic rings. The summed E-state index contributed by atoms with van der Waals surface area (Å²) in [4.78, 5) is 2.40. The van der Waals surface area contributed by atoms with Crippen molar-refractivity contribution in [2.45, 2.75) is 291 Å². The number of hydrogen-bond donors (Lipinski definition) is 0. The molecule has 2 fully saturated rings. The maximum Gasteiger partial charge on any atom is 0.495 e. The van der Waals surface area contributed by atoms with E-state index in [9.17, 15) is 0 Å². The van der Waals surface area contributed by atoms with E-state index in [0.717, 1.165) is 67.5 Å². The summed E-state index contributed by atoms with van der Waals surface area (Å²) in [5, 5.41) is 2.71. The van der Waals surface area contributed by atoms with Gasteiger partial charge in [0.1, 0.15) is 0 Å². The van der Waals surface area contributed by atoms with Crippen LogP contribution in [-0.2, 0) is 43.3 Å². The fourth-order valence-corrected chi connectivity index (χ4v) is 16.5. The lowest BCUT2D eigenvalue weighted by Crippen LogP contribution is -2.41. The highest BCUT2D eigenvalue weighted by atomic mass is 16.7. The molecule has 101 heavy (non-hydrogen) atoms. The molecule has 0 radical (unpaired) electrons. The Morgan fingerprint density at radius 1 is 0.347 bits per heavy atom. The van der Waals surface area contributed by atoms with E-state index >= 15 is 0 Å². The van der Waals surface area contributed by atoms with Crippen molar-refractivity contribution in [1.82, 2.24) is 4.57 Å². The average Bonchev–Trinajstić information content (AvgIpc) is 1.54. The molecule has 8 aromatic carbocycles. The molecule has 1 aliphatic carbocycles. The Bertz CT molecular complexity index is 4150. The lowest BCUT2D eigenvalue weighted by Gasteiger charge is -2.33. The van der Waals surface area contributed by atoms with E-state index in [1.165, 1.54) is 217 Å². The summed E-state index contributed by atoms with van der Waals surface area (Å²) in [7, 11) is -0.858. The molecule has 0 spiro atoms. The number of hydrogen-bond acceptors (Lipinski definition) is 5. The molecule has 6 nitrogen and oxygen atoms in total. The molecular weight excluding hydrogens is 1230 g/mol. The number of benzene rings is 8. The van der Waals surface area contributed by atoms with Crippen LogP contribution in [0.3, 0.4) is 0 Å². The zero-order chi connectivity index (χ0) is 70.9. The summed E-state index contributed by atoms with van der Waals surface area (Å²) in [6.07, 6.45) is 32.8. The first-order valence-electron chi connectivity index (χ1n) is 40.1. The lowest BCUT2D eigenvalue weighted by molar-refractivity contribution is 0.00578. The van der Waals surface area contributed by atoms with Gasteiger partial charge in [-0.25, -0.2) is 0 Å². The van der Waals surface area contributed by atoms with E-state index in [2.05, 4.69) is 263 Å². The number of para-hydroxylation sites is 1. The number of aryl methyl sites for hydroxylation is 3. The van der Waals surface area contributed by atoms with Crippen LogP contribution in [0.4, 0.5) is 17.1 Å². The van der Waals surface area contributed by atoms with E-state index in [0.29, 0.717) is 0 Å². The fraction of sp³-hybridized carbons (Fsp3) is 0.484. The van der Waals surface area contributed by atoms with Crippen molar-refractivity contribution in [3.05, 3.63) is 192 Å². The van der Waals surface area contributed by atoms with E-state index in [4.69, 9.17) is 18.6 Å². The Labute approximate surface area is 610 Å². The van der Waals surface area contributed by atoms with Crippen LogP contribution in [0.2, 0.25) is 0 Å². The van der Waals surface area contributed by atoms with Crippen molar-refractivity contribution in [1.29, 1.82) is 0 Å². The molecule has 3 heterocycles. The van der Waals surface area contributed by atoms with Crippen LogP contribution in [0, 0.1) is 0 Å². The molecular formula is C93H120B2N2O4. The summed E-state index contributed by atoms with van der Waals surface area (Å²) in [6, 6.07) is 64.1. The second-order valence-corrected chi connectivity index (χ2v) is 32.4. The smallest absolute Gasteiger partial charge is 0.399 e. The van der Waals surface area contributed by atoms with Gasteiger partial charge in [-0.05, 0) is 246 Å². The van der Waals surface area contributed by atoms with Gasteiger partial charge in [0.25, 0.3) is 0 Å². The molecule has 12 rings (SSSR count). The molecule has 0 amide bonds. The van der Waals surface area contributed by atoms with Gasteiger partial charge in [-0.15, -0.1) is 0 Å². The second kappa shape index (κ2) is 32.6. The summed E-state index contributed by atoms with van der Waals surface area (Å²) < 4.78 is 29.8. The van der Waals surface area contributed by atoms with Gasteiger partial charge in [0.05, 0.1) is 33.4 Å². The van der Waals surface area contributed by atoms with Gasteiger partial charge in [0.15, 0.2) is 0 Å². The first kappa shape index (κ1) is 74.1. The summed E-state index contributed by atoms with van der Waals surface area (Å²) in [5.74, 6) is 0. The third-order valence-electron chi connectivity index (χ3n) is 24.1. The molecule has 0 atom stereocenters. The maximum atomic E-state index is 6.99. The molecule has 532 valence electrons. The summed E-state index contributed by atoms with van der Waals surface area (Å²) in [5.41, 5.74) is 22.6. The monoisotopic (exact) mass is 1350 g/mol. The van der Waals surface area contributed by atoms with Gasteiger partial charge in [-0.2, -0.15) is 0 Å². The normalized spacial score (nSPS) is 16.2. The van der Waals surface area contributed by atoms with Crippen LogP contribution in [-0.4, -0.2) is 41.2 Å². The molecule has 1 aromatic heterocycles. The van der Waals surface area contributed by atoms with Crippen LogP contribution in [0.5, 0.6) is 0 Å². The van der Waals surface area contributed by atoms with Crippen LogP contribution in [0.15, 0.2) is 164 Å². The molecule has 0 saturated carbocycles. The molecule has 0 N–H and O–H groups in total. The van der Waals surface area contributed by atoms with Gasteiger partial charge in [-0.1, -0.05) is 254 Å². The zero-order valence-electron chi connectivity index (χ0n) is 64.4. The Morgan fingerprint density at radius 2 is 0.792 bits per heavy atom. The largest absolute Gasteiger partial charge is 0.495 e. The minimum Gasteiger partial charge on any atom is -0.399 e. The fourth-order valence-electron chi connectivity index (χ4n) is 16.5. The van der Waals surface area contributed by atoms with Gasteiger partial charge < -0.3 is 28.1 Å². The standard InChI is InChI=1S/C93H120B2N2O4/c1-14-19-24-28-30-36-61-93(62-37-31-29-25-20-15-2)83-63-72(71-49-56-77(57-50-71)96(78-58-52-75(53-59-78)94-98-89(6,7)90(8,9)99-94)76-54-47-70(48-55-76)69-45-43-68(44-46-69)38-23-18-5)51-60-79(83)81-67-88-82(66-84(81)93)80-41-34-35-42-86(80)97(88)87-65-73(39-32-26-21-16-3)85(64-74(87)40-33-27-22-17-4)95-100-91(10,11)92(12,13)101-95/h34-35,41-60,63-67H,14-33,36-40,61-62H2,1-13H3. The maximum absolute atomic E-state index is 6.99. The van der Waals surface area contributed by atoms with Gasteiger partial charge in [0, 0.05) is 38.9 Å². The van der Waals surface area contributed by atoms with Crippen LogP contribution >= 0.6 is 0 Å². The number of fused-ring (bicyclic) bond motifs is 6. The molecule has 2 aliphatic heterocycles. The zero-order valence-corrected chi connectivity index (χ0v) is 64.4. The minimum atomic E-state index is -0.438. The van der Waals surface area contributed by atoms with Gasteiger partial charge >= 0.3 is 14.2 Å². The quantitative estimate of drug-likeness (QED) is 0.0293. The number of nitrogens with zero attached hydrogens (tertiary/aromatic N) is 2. The Balaban J connectivity index is 0.981. The van der Waals surface area contributed by atoms with Crippen molar-refractivity contribution in [3.63, 3.8) is 0 Å². The Morgan fingerprint density at radius 3 is 1.34 bits per heavy atom. The number of rotatable bonds is 35. The van der Waals surface area contributed by atoms with Gasteiger partial charge in [0.2, 0.25) is 0 Å². The highest BCUT2D eigenvalue weighted by molar-refractivity contribution is 6.63. The highest BCUT2D eigenvalue weighted by Crippen LogP contribution is 2.57. The molecule has 3 aliphatic rings. The van der Waals surface area contributed by atoms with E-state index in [1.807, 2.05) is 0 Å². The molecule has 8 heteroatoms. The van der Waals surface area contributed by atoms with E-state index in [1.54, 1.807) is 5.56 Å². The van der Waals surface area contributed by atoms with Crippen LogP contribution < -0.4 is 15.8 Å². The summed E-state index contributed by atoms with van der Waals surface area (Å²) >= 11 is 0. The average molecular weight is 1350 g/mol. The van der Waals surface area contributed by atoms with Crippen molar-refractivity contribution in [3.8, 4) is 39.1 Å². The topological polar surface area (TPSA) is 45.1 Å². The van der Waals surface area contributed by atoms with Crippen molar-refractivity contribution < 1.29 is 18.6 Å². The highest BCUT2D eigenvalue weighted by Gasteiger charge is 2.53. The third-order valence-corrected chi connectivity index (χ3v) is 24.1. The van der Waals surface area contributed by atoms with E-state index in [-0.39, 0.29) is 5.41 Å². The van der Waals surface area contributed by atoms with Crippen molar-refractivity contribution in [2.24, 2.45) is 0 Å². The Hall–Kier alpha value is -6.67. The summed E-state index contributed by atoms with van der Waals surface area (Å²) in [6.45, 7) is 28.9. The minimum absolute atomic E-state index is 0.138. The number of aromatic nitrogens is 1. The number of unbranched alkanes of at least 4 members (excludes halogenated alkanes) is 17. The second-order valence-electron chi connectivity index (χ2n) is 32.4. The molecule has 0 bridgehead atoms. The van der Waals surface area contributed by atoms with Crippen LogP contribution in [0.25, 0.3) is 60.9 Å². The first-order valence-corrected chi connectivity index (χ1v) is 40.1. The van der Waals surface area contributed by atoms with Crippen molar-refractivity contribution in [2.75, 3.05) is 4.90 Å². The predicted octanol–water partition coefficient (Wildman–Crippen LogP) is 25.5. The predicted molar refractivity (Wildman–Crippen MR) is 434 cm³/mol. The third kappa shape index (κ3) is 15.9. The first-order chi connectivity index (χ1) is 48.8. The lowest BCUT2D eigenvalue weighted by atomic mass is 9.70. The van der Waals surface area contributed by atoms with Gasteiger partial charge in [-0.3, -0.25) is 0 Å². The Kier molecular flexibility index (Phi) is 23.9.